The van der Waals surface area contributed by atoms with Crippen LogP contribution in [0.4, 0.5) is 11.4 Å². The molecule has 2 aromatic rings. The molecule has 0 radical (unpaired) electrons. The highest BCUT2D eigenvalue weighted by atomic mass is 32.1. The van der Waals surface area contributed by atoms with Gasteiger partial charge in [0.05, 0.1) is 11.5 Å². The lowest BCUT2D eigenvalue weighted by molar-refractivity contribution is -0.385. The van der Waals surface area contributed by atoms with E-state index < -0.39 is 10.8 Å². The number of thiocarbonyl (C=S) groups is 1. The van der Waals surface area contributed by atoms with Crippen molar-refractivity contribution in [1.82, 2.24) is 10.9 Å². The highest BCUT2D eigenvalue weighted by molar-refractivity contribution is 7.80. The number of amides is 1. The molecular weight excluding hydrogens is 344 g/mol. The van der Waals surface area contributed by atoms with Gasteiger partial charge in [0.25, 0.3) is 11.6 Å². The van der Waals surface area contributed by atoms with Crippen LogP contribution in [0.3, 0.4) is 0 Å². The first-order chi connectivity index (χ1) is 12.0. The monoisotopic (exact) mass is 360 g/mol. The molecule has 1 amide bonds. The molecule has 0 aliphatic rings. The molecule has 8 nitrogen and oxygen atoms in total. The van der Waals surface area contributed by atoms with Gasteiger partial charge in [-0.15, -0.1) is 0 Å². The summed E-state index contributed by atoms with van der Waals surface area (Å²) in [6, 6.07) is 12.7. The normalized spacial score (nSPS) is 9.80. The average Bonchev–Trinajstić information content (AvgIpc) is 2.61. The molecule has 2 aromatic carbocycles. The van der Waals surface area contributed by atoms with Crippen LogP contribution in [0.1, 0.15) is 17.3 Å². The van der Waals surface area contributed by atoms with Gasteiger partial charge >= 0.3 is 0 Å². The first-order valence-corrected chi connectivity index (χ1v) is 7.75. The van der Waals surface area contributed by atoms with E-state index in [4.69, 9.17) is 17.0 Å². The van der Waals surface area contributed by atoms with Crippen molar-refractivity contribution in [2.75, 3.05) is 11.9 Å². The fourth-order valence-electron chi connectivity index (χ4n) is 1.97. The molecule has 0 aliphatic heterocycles. The molecule has 130 valence electrons. The number of carbonyl (C=O) groups excluding carboxylic acids is 1. The third-order valence-corrected chi connectivity index (χ3v) is 3.26. The molecule has 0 atom stereocenters. The van der Waals surface area contributed by atoms with Crippen molar-refractivity contribution in [3.05, 3.63) is 64.2 Å². The summed E-state index contributed by atoms with van der Waals surface area (Å²) in [5, 5.41) is 13.9. The van der Waals surface area contributed by atoms with Crippen LogP contribution in [0.2, 0.25) is 0 Å². The van der Waals surface area contributed by atoms with E-state index in [1.165, 1.54) is 18.2 Å². The lowest BCUT2D eigenvalue weighted by Crippen LogP contribution is -2.43. The molecule has 0 saturated heterocycles. The molecule has 0 spiro atoms. The molecule has 3 N–H and O–H groups in total. The topological polar surface area (TPSA) is 106 Å². The fraction of sp³-hybridized carbons (Fsp3) is 0.125. The second-order valence-electron chi connectivity index (χ2n) is 4.76. The first kappa shape index (κ1) is 18.1. The van der Waals surface area contributed by atoms with Gasteiger partial charge in [0, 0.05) is 11.8 Å². The molecule has 9 heteroatoms. The Kier molecular flexibility index (Phi) is 6.24. The number of hydrogen-bond acceptors (Lipinski definition) is 5. The maximum absolute atomic E-state index is 12.1. The van der Waals surface area contributed by atoms with Gasteiger partial charge in [0.2, 0.25) is 0 Å². The van der Waals surface area contributed by atoms with Crippen molar-refractivity contribution in [1.29, 1.82) is 0 Å². The standard InChI is InChI=1S/C16H16N4O4S/c1-2-24-12-9-7-11(8-10-12)17-16(25)19-18-15(21)13-5-3-4-6-14(13)20(22)23/h3-10H,2H2,1H3,(H,18,21)(H2,17,19,25). The van der Waals surface area contributed by atoms with Gasteiger partial charge in [-0.3, -0.25) is 25.8 Å². The van der Waals surface area contributed by atoms with E-state index in [1.807, 2.05) is 6.92 Å². The minimum absolute atomic E-state index is 0.0659. The minimum atomic E-state index is -0.664. The summed E-state index contributed by atoms with van der Waals surface area (Å²) in [5.74, 6) is 0.0692. The number of benzene rings is 2. The Morgan fingerprint density at radius 1 is 1.16 bits per heavy atom. The lowest BCUT2D eigenvalue weighted by Gasteiger charge is -2.12. The number of hydrazine groups is 1. The van der Waals surface area contributed by atoms with Crippen molar-refractivity contribution in [2.24, 2.45) is 0 Å². The van der Waals surface area contributed by atoms with Crippen LogP contribution >= 0.6 is 12.2 Å². The van der Waals surface area contributed by atoms with Crippen molar-refractivity contribution in [2.45, 2.75) is 6.92 Å². The zero-order chi connectivity index (χ0) is 18.2. The summed E-state index contributed by atoms with van der Waals surface area (Å²) < 4.78 is 5.34. The number of ether oxygens (including phenoxy) is 1. The Bertz CT molecular complexity index is 780. The second kappa shape index (κ2) is 8.60. The largest absolute Gasteiger partial charge is 0.494 e. The van der Waals surface area contributed by atoms with E-state index >= 15 is 0 Å². The van der Waals surface area contributed by atoms with Crippen molar-refractivity contribution in [3.8, 4) is 5.75 Å². The quantitative estimate of drug-likeness (QED) is 0.427. The fourth-order valence-corrected chi connectivity index (χ4v) is 2.14. The Hall–Kier alpha value is -3.20. The second-order valence-corrected chi connectivity index (χ2v) is 5.17. The van der Waals surface area contributed by atoms with Crippen LogP contribution in [0.15, 0.2) is 48.5 Å². The van der Waals surface area contributed by atoms with Crippen LogP contribution in [-0.4, -0.2) is 22.5 Å². The van der Waals surface area contributed by atoms with Crippen molar-refractivity contribution < 1.29 is 14.5 Å². The number of anilines is 1. The molecule has 25 heavy (non-hydrogen) atoms. The number of nitro benzene ring substituents is 1. The lowest BCUT2D eigenvalue weighted by atomic mass is 10.2. The van der Waals surface area contributed by atoms with Gasteiger partial charge in [-0.05, 0) is 49.5 Å². The van der Waals surface area contributed by atoms with Gasteiger partial charge in [-0.1, -0.05) is 12.1 Å². The molecule has 0 unspecified atom stereocenters. The number of carbonyl (C=O) groups is 1. The molecular formula is C16H16N4O4S. The van der Waals surface area contributed by atoms with Gasteiger partial charge in [0.1, 0.15) is 11.3 Å². The summed E-state index contributed by atoms with van der Waals surface area (Å²) in [6.07, 6.45) is 0. The third-order valence-electron chi connectivity index (χ3n) is 3.06. The number of rotatable bonds is 5. The van der Waals surface area contributed by atoms with Crippen LogP contribution < -0.4 is 20.9 Å². The zero-order valence-electron chi connectivity index (χ0n) is 13.3. The molecule has 2 rings (SSSR count). The first-order valence-electron chi connectivity index (χ1n) is 7.35. The number of nitrogens with one attached hydrogen (secondary N) is 3. The molecule has 0 fully saturated rings. The molecule has 0 aliphatic carbocycles. The number of para-hydroxylation sites is 1. The summed E-state index contributed by atoms with van der Waals surface area (Å²) in [7, 11) is 0. The third kappa shape index (κ3) is 5.15. The molecule has 0 bridgehead atoms. The number of hydrogen-bond donors (Lipinski definition) is 3. The summed E-state index contributed by atoms with van der Waals surface area (Å²) in [4.78, 5) is 22.4. The smallest absolute Gasteiger partial charge is 0.282 e. The predicted molar refractivity (Wildman–Crippen MR) is 97.5 cm³/mol. The maximum atomic E-state index is 12.1. The van der Waals surface area contributed by atoms with E-state index in [0.29, 0.717) is 12.3 Å². The predicted octanol–water partition coefficient (Wildman–Crippen LogP) is 2.62. The van der Waals surface area contributed by atoms with Gasteiger partial charge in [-0.2, -0.15) is 0 Å². The maximum Gasteiger partial charge on any atom is 0.282 e. The van der Waals surface area contributed by atoms with E-state index in [-0.39, 0.29) is 16.4 Å². The summed E-state index contributed by atoms with van der Waals surface area (Å²) in [6.45, 7) is 2.47. The van der Waals surface area contributed by atoms with E-state index in [9.17, 15) is 14.9 Å². The van der Waals surface area contributed by atoms with Crippen molar-refractivity contribution >= 4 is 34.6 Å². The Morgan fingerprint density at radius 2 is 1.84 bits per heavy atom. The summed E-state index contributed by atoms with van der Waals surface area (Å²) >= 11 is 5.07. The number of nitro groups is 1. The zero-order valence-corrected chi connectivity index (χ0v) is 14.1. The van der Waals surface area contributed by atoms with Gasteiger partial charge in [0.15, 0.2) is 5.11 Å². The van der Waals surface area contributed by atoms with Crippen LogP contribution in [0.5, 0.6) is 5.75 Å². The van der Waals surface area contributed by atoms with Crippen LogP contribution in [0.25, 0.3) is 0 Å². The SMILES string of the molecule is CCOc1ccc(NC(=S)NNC(=O)c2ccccc2[N+](=O)[O-])cc1. The Labute approximate surface area is 149 Å². The van der Waals surface area contributed by atoms with Gasteiger partial charge < -0.3 is 10.1 Å². The summed E-state index contributed by atoms with van der Waals surface area (Å²) in [5.41, 5.74) is 5.17. The highest BCUT2D eigenvalue weighted by Crippen LogP contribution is 2.17. The molecule has 0 aromatic heterocycles. The average molecular weight is 360 g/mol. The molecule has 0 saturated carbocycles. The van der Waals surface area contributed by atoms with Crippen LogP contribution in [0, 0.1) is 10.1 Å². The Morgan fingerprint density at radius 3 is 2.48 bits per heavy atom. The van der Waals surface area contributed by atoms with Crippen molar-refractivity contribution in [3.63, 3.8) is 0 Å². The van der Waals surface area contributed by atoms with E-state index in [2.05, 4.69) is 16.2 Å². The molecule has 0 heterocycles. The van der Waals surface area contributed by atoms with Crippen LogP contribution in [-0.2, 0) is 0 Å². The number of nitrogens with zero attached hydrogens (tertiary/aromatic N) is 1. The van der Waals surface area contributed by atoms with E-state index in [0.717, 1.165) is 5.75 Å². The highest BCUT2D eigenvalue weighted by Gasteiger charge is 2.19. The van der Waals surface area contributed by atoms with E-state index in [1.54, 1.807) is 30.3 Å². The van der Waals surface area contributed by atoms with Gasteiger partial charge in [-0.25, -0.2) is 0 Å². The minimum Gasteiger partial charge on any atom is -0.494 e. The Balaban J connectivity index is 1.91.